The fraction of sp³-hybridized carbons (Fsp3) is 0.368. The van der Waals surface area contributed by atoms with Crippen LogP contribution in [0.3, 0.4) is 0 Å². The van der Waals surface area contributed by atoms with Gasteiger partial charge in [-0.25, -0.2) is 0 Å². The lowest BCUT2D eigenvalue weighted by Crippen LogP contribution is -2.22. The molecular formula is C19H24Cl2Si. The number of halogens is 2. The molecule has 1 unspecified atom stereocenters. The van der Waals surface area contributed by atoms with Gasteiger partial charge in [0.2, 0.25) is 0 Å². The first-order chi connectivity index (χ1) is 10.4. The molecule has 0 amide bonds. The Morgan fingerprint density at radius 2 is 1.36 bits per heavy atom. The normalized spacial score (nSPS) is 13.1. The third-order valence-corrected chi connectivity index (χ3v) is 8.40. The molecule has 0 bridgehead atoms. The summed E-state index contributed by atoms with van der Waals surface area (Å²) in [7, 11) is 0. The summed E-state index contributed by atoms with van der Waals surface area (Å²) in [6.07, 6.45) is 0.972. The summed E-state index contributed by atoms with van der Waals surface area (Å²) in [6, 6.07) is 19.2. The average molecular weight is 351 g/mol. The molecule has 2 rings (SSSR count). The summed E-state index contributed by atoms with van der Waals surface area (Å²) in [5, 5.41) is 0. The van der Waals surface area contributed by atoms with Crippen LogP contribution in [0.5, 0.6) is 0 Å². The topological polar surface area (TPSA) is 0 Å². The predicted molar refractivity (Wildman–Crippen MR) is 102 cm³/mol. The van der Waals surface area contributed by atoms with Crippen molar-refractivity contribution in [2.75, 3.05) is 0 Å². The van der Waals surface area contributed by atoms with Gasteiger partial charge in [0.15, 0.2) is 0 Å². The summed E-state index contributed by atoms with van der Waals surface area (Å²) in [5.41, 5.74) is 5.23. The highest BCUT2D eigenvalue weighted by atomic mass is 35.7. The maximum atomic E-state index is 6.70. The van der Waals surface area contributed by atoms with E-state index in [0.29, 0.717) is 5.92 Å². The van der Waals surface area contributed by atoms with Crippen LogP contribution in [0.4, 0.5) is 0 Å². The first-order valence-electron chi connectivity index (χ1n) is 7.86. The van der Waals surface area contributed by atoms with Crippen molar-refractivity contribution in [1.82, 2.24) is 0 Å². The molecule has 0 N–H and O–H groups in total. The highest BCUT2D eigenvalue weighted by Crippen LogP contribution is 2.35. The summed E-state index contributed by atoms with van der Waals surface area (Å²) >= 11 is 13.4. The molecule has 0 nitrogen and oxygen atoms in total. The van der Waals surface area contributed by atoms with E-state index in [2.05, 4.69) is 69.3 Å². The van der Waals surface area contributed by atoms with Gasteiger partial charge in [-0.2, -0.15) is 0 Å². The van der Waals surface area contributed by atoms with Crippen LogP contribution in [-0.2, 0) is 6.42 Å². The molecule has 0 saturated heterocycles. The first kappa shape index (κ1) is 17.6. The minimum atomic E-state index is -2.21. The van der Waals surface area contributed by atoms with Crippen LogP contribution >= 0.6 is 22.2 Å². The molecule has 0 heterocycles. The molecule has 0 spiro atoms. The second kappa shape index (κ2) is 7.67. The molecule has 2 aromatic carbocycles. The number of aryl methyl sites for hydroxylation is 3. The molecule has 0 saturated carbocycles. The van der Waals surface area contributed by atoms with E-state index in [0.717, 1.165) is 18.5 Å². The summed E-state index contributed by atoms with van der Waals surface area (Å²) in [5.74, 6) is 0.417. The fourth-order valence-corrected chi connectivity index (χ4v) is 6.59. The lowest BCUT2D eigenvalue weighted by Gasteiger charge is -2.21. The van der Waals surface area contributed by atoms with Crippen molar-refractivity contribution >= 4 is 28.9 Å². The molecule has 0 fully saturated rings. The smallest absolute Gasteiger partial charge is 0.146 e. The van der Waals surface area contributed by atoms with Crippen molar-refractivity contribution in [2.45, 2.75) is 45.2 Å². The van der Waals surface area contributed by atoms with E-state index in [1.54, 1.807) is 0 Å². The molecule has 1 atom stereocenters. The monoisotopic (exact) mass is 350 g/mol. The third-order valence-electron chi connectivity index (χ3n) is 4.15. The highest BCUT2D eigenvalue weighted by Gasteiger charge is 2.30. The molecule has 118 valence electrons. The average Bonchev–Trinajstić information content (AvgIpc) is 2.47. The fourth-order valence-electron chi connectivity index (χ4n) is 2.64. The van der Waals surface area contributed by atoms with E-state index >= 15 is 0 Å². The lowest BCUT2D eigenvalue weighted by molar-refractivity contribution is 0.848. The van der Waals surface area contributed by atoms with E-state index in [-0.39, 0.29) is 0 Å². The Labute approximate surface area is 144 Å². The van der Waals surface area contributed by atoms with Gasteiger partial charge in [-0.1, -0.05) is 66.6 Å². The molecular weight excluding hydrogens is 327 g/mol. The maximum absolute atomic E-state index is 6.70. The standard InChI is InChI=1S/C19H24Cl2Si/c1-15-4-8-18(9-5-15)12-13-22(20,21)14-17(3)19-10-6-16(2)7-11-19/h4-11,17H,12-14H2,1-3H3. The van der Waals surface area contributed by atoms with Crippen LogP contribution in [-0.4, -0.2) is 6.69 Å². The second-order valence-corrected chi connectivity index (χ2v) is 13.9. The van der Waals surface area contributed by atoms with Crippen molar-refractivity contribution in [3.8, 4) is 0 Å². The van der Waals surface area contributed by atoms with Gasteiger partial charge in [-0.05, 0) is 49.4 Å². The zero-order valence-electron chi connectivity index (χ0n) is 13.6. The Balaban J connectivity index is 1.92. The molecule has 0 aliphatic carbocycles. The van der Waals surface area contributed by atoms with Crippen molar-refractivity contribution in [3.63, 3.8) is 0 Å². The molecule has 0 aliphatic rings. The summed E-state index contributed by atoms with van der Waals surface area (Å²) in [6.45, 7) is 4.23. The van der Waals surface area contributed by atoms with Gasteiger partial charge in [0, 0.05) is 0 Å². The van der Waals surface area contributed by atoms with Crippen LogP contribution in [0.15, 0.2) is 48.5 Å². The minimum absolute atomic E-state index is 0.417. The van der Waals surface area contributed by atoms with Crippen molar-refractivity contribution < 1.29 is 0 Å². The van der Waals surface area contributed by atoms with Crippen LogP contribution in [0.2, 0.25) is 12.1 Å². The van der Waals surface area contributed by atoms with E-state index in [1.807, 2.05) is 0 Å². The first-order valence-corrected chi connectivity index (χ1v) is 12.3. The van der Waals surface area contributed by atoms with Crippen molar-refractivity contribution in [2.24, 2.45) is 0 Å². The Kier molecular flexibility index (Phi) is 6.14. The van der Waals surface area contributed by atoms with Gasteiger partial charge < -0.3 is 0 Å². The lowest BCUT2D eigenvalue weighted by atomic mass is 10.0. The van der Waals surface area contributed by atoms with Gasteiger partial charge in [0.05, 0.1) is 0 Å². The zero-order chi connectivity index (χ0) is 16.2. The van der Waals surface area contributed by atoms with Crippen molar-refractivity contribution in [3.05, 3.63) is 70.8 Å². The van der Waals surface area contributed by atoms with E-state index < -0.39 is 6.69 Å². The predicted octanol–water partition coefficient (Wildman–Crippen LogP) is 6.57. The molecule has 3 heteroatoms. The van der Waals surface area contributed by atoms with Gasteiger partial charge in [-0.3, -0.25) is 0 Å². The largest absolute Gasteiger partial charge is 0.252 e. The zero-order valence-corrected chi connectivity index (χ0v) is 16.1. The third kappa shape index (κ3) is 5.46. The van der Waals surface area contributed by atoms with Gasteiger partial charge in [-0.15, -0.1) is 22.2 Å². The van der Waals surface area contributed by atoms with E-state index in [4.69, 9.17) is 22.2 Å². The van der Waals surface area contributed by atoms with Crippen LogP contribution in [0, 0.1) is 13.8 Å². The molecule has 22 heavy (non-hydrogen) atoms. The summed E-state index contributed by atoms with van der Waals surface area (Å²) in [4.78, 5) is 0. The Morgan fingerprint density at radius 1 is 0.864 bits per heavy atom. The minimum Gasteiger partial charge on any atom is -0.146 e. The summed E-state index contributed by atoms with van der Waals surface area (Å²) < 4.78 is 0. The van der Waals surface area contributed by atoms with E-state index in [9.17, 15) is 0 Å². The number of hydrogen-bond acceptors (Lipinski definition) is 0. The molecule has 0 aromatic heterocycles. The Bertz CT molecular complexity index is 588. The number of benzene rings is 2. The van der Waals surface area contributed by atoms with Crippen LogP contribution < -0.4 is 0 Å². The van der Waals surface area contributed by atoms with Crippen molar-refractivity contribution in [1.29, 1.82) is 0 Å². The maximum Gasteiger partial charge on any atom is 0.252 e. The van der Waals surface area contributed by atoms with Crippen LogP contribution in [0.25, 0.3) is 0 Å². The quantitative estimate of drug-likeness (QED) is 0.408. The number of hydrogen-bond donors (Lipinski definition) is 0. The SMILES string of the molecule is Cc1ccc(CC[Si](Cl)(Cl)CC(C)c2ccc(C)cc2)cc1. The van der Waals surface area contributed by atoms with Gasteiger partial charge in [0.25, 0.3) is 6.69 Å². The van der Waals surface area contributed by atoms with Gasteiger partial charge in [0.1, 0.15) is 0 Å². The Hall–Kier alpha value is -0.763. The molecule has 2 aromatic rings. The van der Waals surface area contributed by atoms with Crippen LogP contribution in [0.1, 0.15) is 35.1 Å². The van der Waals surface area contributed by atoms with E-state index in [1.165, 1.54) is 22.3 Å². The molecule has 0 radical (unpaired) electrons. The van der Waals surface area contributed by atoms with Gasteiger partial charge >= 0.3 is 0 Å². The number of rotatable bonds is 6. The Morgan fingerprint density at radius 3 is 1.91 bits per heavy atom. The molecule has 0 aliphatic heterocycles. The second-order valence-electron chi connectivity index (χ2n) is 6.36. The highest BCUT2D eigenvalue weighted by molar-refractivity contribution is 7.45.